The maximum absolute atomic E-state index is 12.9. The predicted octanol–water partition coefficient (Wildman–Crippen LogP) is 5.86. The highest BCUT2D eigenvalue weighted by Gasteiger charge is 2.25. The van der Waals surface area contributed by atoms with Crippen LogP contribution >= 0.6 is 0 Å². The first kappa shape index (κ1) is 18.9. The van der Waals surface area contributed by atoms with Crippen LogP contribution in [0.3, 0.4) is 0 Å². The van der Waals surface area contributed by atoms with Gasteiger partial charge < -0.3 is 9.84 Å². The maximum atomic E-state index is 12.9. The minimum atomic E-state index is -0.991. The van der Waals surface area contributed by atoms with E-state index >= 15 is 0 Å². The van der Waals surface area contributed by atoms with Crippen LogP contribution < -0.4 is 4.74 Å². The van der Waals surface area contributed by atoms with Crippen molar-refractivity contribution in [2.75, 3.05) is 0 Å². The van der Waals surface area contributed by atoms with E-state index in [9.17, 15) is 14.7 Å². The standard InChI is InChI=1S/C25H22O4/c1-16-8-2-3-11-18(16)25(28)29-22-15-7-10-17-9-6-14-20(23(17)22)19-12-4-5-13-21(19)24(26)27/h4-10,12-15,18H,2-3,11H2,1H3,(H,26,27). The normalized spacial score (nSPS) is 16.3. The quantitative estimate of drug-likeness (QED) is 0.347. The number of allylic oxidation sites excluding steroid dienone is 1. The third kappa shape index (κ3) is 3.66. The smallest absolute Gasteiger partial charge is 0.336 e. The zero-order chi connectivity index (χ0) is 20.4. The summed E-state index contributed by atoms with van der Waals surface area (Å²) < 4.78 is 5.87. The van der Waals surface area contributed by atoms with Crippen LogP contribution in [-0.2, 0) is 4.79 Å². The van der Waals surface area contributed by atoms with Crippen molar-refractivity contribution in [3.8, 4) is 16.9 Å². The number of esters is 1. The molecule has 0 saturated heterocycles. The fraction of sp³-hybridized carbons (Fsp3) is 0.200. The molecule has 146 valence electrons. The van der Waals surface area contributed by atoms with E-state index in [4.69, 9.17) is 4.74 Å². The van der Waals surface area contributed by atoms with Gasteiger partial charge in [-0.25, -0.2) is 4.79 Å². The van der Waals surface area contributed by atoms with Crippen molar-refractivity contribution in [2.45, 2.75) is 26.2 Å². The van der Waals surface area contributed by atoms with Gasteiger partial charge in [-0.15, -0.1) is 0 Å². The second kappa shape index (κ2) is 7.92. The fourth-order valence-corrected chi connectivity index (χ4v) is 4.03. The molecule has 29 heavy (non-hydrogen) atoms. The number of carbonyl (C=O) groups is 2. The fourth-order valence-electron chi connectivity index (χ4n) is 4.03. The molecule has 4 nitrogen and oxygen atoms in total. The first-order chi connectivity index (χ1) is 14.1. The van der Waals surface area contributed by atoms with E-state index in [1.807, 2.05) is 43.3 Å². The Bertz CT molecular complexity index is 1120. The Hall–Kier alpha value is -3.40. The van der Waals surface area contributed by atoms with Crippen molar-refractivity contribution in [3.05, 3.63) is 77.9 Å². The molecule has 0 heterocycles. The summed E-state index contributed by atoms with van der Waals surface area (Å²) in [7, 11) is 0. The van der Waals surface area contributed by atoms with Crippen LogP contribution in [0.5, 0.6) is 5.75 Å². The number of rotatable bonds is 4. The number of carboxylic acids is 1. The van der Waals surface area contributed by atoms with Gasteiger partial charge in [0.15, 0.2) is 0 Å². The molecule has 1 aliphatic rings. The molecular weight excluding hydrogens is 364 g/mol. The molecule has 0 saturated carbocycles. The predicted molar refractivity (Wildman–Crippen MR) is 113 cm³/mol. The van der Waals surface area contributed by atoms with Crippen LogP contribution in [0.1, 0.15) is 36.5 Å². The number of carboxylic acid groups (broad SMARTS) is 1. The van der Waals surface area contributed by atoms with Gasteiger partial charge in [0.1, 0.15) is 5.75 Å². The lowest BCUT2D eigenvalue weighted by Crippen LogP contribution is -2.23. The molecule has 1 atom stereocenters. The molecule has 3 aromatic carbocycles. The first-order valence-electron chi connectivity index (χ1n) is 9.79. The number of benzene rings is 3. The molecule has 0 aliphatic heterocycles. The lowest BCUT2D eigenvalue weighted by molar-refractivity contribution is -0.137. The molecule has 0 aromatic heterocycles. The van der Waals surface area contributed by atoms with Crippen LogP contribution in [0.15, 0.2) is 72.3 Å². The summed E-state index contributed by atoms with van der Waals surface area (Å²) in [6.45, 7) is 1.97. The van der Waals surface area contributed by atoms with Gasteiger partial charge in [-0.2, -0.15) is 0 Å². The average Bonchev–Trinajstić information content (AvgIpc) is 2.73. The largest absolute Gasteiger partial charge is 0.478 e. The van der Waals surface area contributed by atoms with Crippen LogP contribution in [0.2, 0.25) is 0 Å². The summed E-state index contributed by atoms with van der Waals surface area (Å²) in [6, 6.07) is 18.1. The number of hydrogen-bond donors (Lipinski definition) is 1. The Morgan fingerprint density at radius 1 is 0.966 bits per heavy atom. The summed E-state index contributed by atoms with van der Waals surface area (Å²) in [6.07, 6.45) is 4.87. The third-order valence-electron chi connectivity index (χ3n) is 5.52. The van der Waals surface area contributed by atoms with Crippen LogP contribution in [0.25, 0.3) is 21.9 Å². The van der Waals surface area contributed by atoms with E-state index in [1.165, 1.54) is 0 Å². The highest BCUT2D eigenvalue weighted by molar-refractivity contribution is 6.06. The van der Waals surface area contributed by atoms with E-state index < -0.39 is 5.97 Å². The second-order valence-electron chi connectivity index (χ2n) is 7.36. The van der Waals surface area contributed by atoms with Gasteiger partial charge in [-0.05, 0) is 54.8 Å². The topological polar surface area (TPSA) is 63.6 Å². The van der Waals surface area contributed by atoms with Gasteiger partial charge in [0.25, 0.3) is 0 Å². The minimum Gasteiger partial charge on any atom is -0.478 e. The summed E-state index contributed by atoms with van der Waals surface area (Å²) >= 11 is 0. The van der Waals surface area contributed by atoms with E-state index in [2.05, 4.69) is 6.08 Å². The van der Waals surface area contributed by atoms with Crippen molar-refractivity contribution >= 4 is 22.7 Å². The number of aromatic carboxylic acids is 1. The van der Waals surface area contributed by atoms with Gasteiger partial charge in [-0.3, -0.25) is 4.79 Å². The highest BCUT2D eigenvalue weighted by atomic mass is 16.5. The van der Waals surface area contributed by atoms with Crippen molar-refractivity contribution in [1.82, 2.24) is 0 Å². The molecule has 1 unspecified atom stereocenters. The molecule has 0 fully saturated rings. The molecule has 0 bridgehead atoms. The van der Waals surface area contributed by atoms with Crippen molar-refractivity contribution < 1.29 is 19.4 Å². The second-order valence-corrected chi connectivity index (χ2v) is 7.36. The molecular formula is C25H22O4. The van der Waals surface area contributed by atoms with Gasteiger partial charge in [-0.1, -0.05) is 60.2 Å². The number of fused-ring (bicyclic) bond motifs is 1. The summed E-state index contributed by atoms with van der Waals surface area (Å²) in [4.78, 5) is 24.6. The van der Waals surface area contributed by atoms with Crippen LogP contribution in [-0.4, -0.2) is 17.0 Å². The molecule has 0 radical (unpaired) electrons. The highest BCUT2D eigenvalue weighted by Crippen LogP contribution is 2.37. The molecule has 3 aromatic rings. The number of hydrogen-bond acceptors (Lipinski definition) is 3. The van der Waals surface area contributed by atoms with E-state index in [0.717, 1.165) is 41.2 Å². The molecule has 4 rings (SSSR count). The zero-order valence-corrected chi connectivity index (χ0v) is 16.2. The van der Waals surface area contributed by atoms with Crippen molar-refractivity contribution in [2.24, 2.45) is 5.92 Å². The Morgan fingerprint density at radius 2 is 1.69 bits per heavy atom. The van der Waals surface area contributed by atoms with E-state index in [0.29, 0.717) is 11.3 Å². The lowest BCUT2D eigenvalue weighted by Gasteiger charge is -2.21. The molecule has 0 spiro atoms. The summed E-state index contributed by atoms with van der Waals surface area (Å²) in [5.74, 6) is -1.01. The van der Waals surface area contributed by atoms with Gasteiger partial charge in [0.2, 0.25) is 0 Å². The number of carbonyl (C=O) groups excluding carboxylic acids is 1. The van der Waals surface area contributed by atoms with E-state index in [-0.39, 0.29) is 17.5 Å². The Kier molecular flexibility index (Phi) is 5.17. The molecule has 1 aliphatic carbocycles. The van der Waals surface area contributed by atoms with Crippen molar-refractivity contribution in [1.29, 1.82) is 0 Å². The Morgan fingerprint density at radius 3 is 2.45 bits per heavy atom. The van der Waals surface area contributed by atoms with Crippen LogP contribution in [0, 0.1) is 5.92 Å². The zero-order valence-electron chi connectivity index (χ0n) is 16.2. The van der Waals surface area contributed by atoms with E-state index in [1.54, 1.807) is 24.3 Å². The SMILES string of the molecule is CC1=CCCCC1C(=O)Oc1cccc2cccc(-c3ccccc3C(=O)O)c12. The van der Waals surface area contributed by atoms with Crippen LogP contribution in [0.4, 0.5) is 0 Å². The molecule has 1 N–H and O–H groups in total. The third-order valence-corrected chi connectivity index (χ3v) is 5.52. The first-order valence-corrected chi connectivity index (χ1v) is 9.79. The number of ether oxygens (including phenoxy) is 1. The summed E-state index contributed by atoms with van der Waals surface area (Å²) in [5, 5.41) is 11.3. The molecule has 4 heteroatoms. The van der Waals surface area contributed by atoms with Gasteiger partial charge >= 0.3 is 11.9 Å². The Balaban J connectivity index is 1.83. The monoisotopic (exact) mass is 386 g/mol. The maximum Gasteiger partial charge on any atom is 0.336 e. The van der Waals surface area contributed by atoms with Gasteiger partial charge in [0.05, 0.1) is 11.5 Å². The molecule has 0 amide bonds. The van der Waals surface area contributed by atoms with Gasteiger partial charge in [0, 0.05) is 5.39 Å². The minimum absolute atomic E-state index is 0.215. The average molecular weight is 386 g/mol. The lowest BCUT2D eigenvalue weighted by atomic mass is 9.89. The Labute approximate surface area is 169 Å². The van der Waals surface area contributed by atoms with Crippen molar-refractivity contribution in [3.63, 3.8) is 0 Å². The summed E-state index contributed by atoms with van der Waals surface area (Å²) in [5.41, 5.74) is 2.60.